The summed E-state index contributed by atoms with van der Waals surface area (Å²) in [5.74, 6) is -0.304. The summed E-state index contributed by atoms with van der Waals surface area (Å²) in [7, 11) is 1.73. The molecular weight excluding hydrogens is 432 g/mol. The first-order valence-electron chi connectivity index (χ1n) is 11.6. The van der Waals surface area contributed by atoms with Gasteiger partial charge in [-0.15, -0.1) is 0 Å². The van der Waals surface area contributed by atoms with Crippen molar-refractivity contribution in [2.45, 2.75) is 58.4 Å². The van der Waals surface area contributed by atoms with Crippen LogP contribution in [0.5, 0.6) is 0 Å². The third-order valence-corrected chi connectivity index (χ3v) is 5.86. The molecule has 182 valence electrons. The second-order valence-electron chi connectivity index (χ2n) is 8.52. The molecule has 0 spiro atoms. The lowest BCUT2D eigenvalue weighted by molar-refractivity contribution is -0.120. The van der Waals surface area contributed by atoms with E-state index in [2.05, 4.69) is 29.5 Å². The number of aliphatic hydroxyl groups is 1. The fourth-order valence-corrected chi connectivity index (χ4v) is 3.82. The highest BCUT2D eigenvalue weighted by atomic mass is 16.5. The van der Waals surface area contributed by atoms with E-state index in [9.17, 15) is 9.59 Å². The fourth-order valence-electron chi connectivity index (χ4n) is 3.82. The Morgan fingerprint density at radius 1 is 1.26 bits per heavy atom. The molecule has 1 heterocycles. The molecule has 1 fully saturated rings. The number of aliphatic hydroxyl groups excluding tert-OH is 1. The van der Waals surface area contributed by atoms with Gasteiger partial charge in [0.15, 0.2) is 0 Å². The summed E-state index contributed by atoms with van der Waals surface area (Å²) in [6.07, 6.45) is 2.23. The van der Waals surface area contributed by atoms with E-state index in [1.165, 1.54) is 5.56 Å². The lowest BCUT2D eigenvalue weighted by Gasteiger charge is -2.35. The number of imide groups is 1. The van der Waals surface area contributed by atoms with Gasteiger partial charge in [0, 0.05) is 13.7 Å². The number of rotatable bonds is 10. The van der Waals surface area contributed by atoms with Crippen LogP contribution in [-0.4, -0.2) is 54.2 Å². The molecule has 0 radical (unpaired) electrons. The lowest BCUT2D eigenvalue weighted by atomic mass is 10.1. The third-order valence-electron chi connectivity index (χ3n) is 5.86. The van der Waals surface area contributed by atoms with Crippen LogP contribution >= 0.6 is 0 Å². The average molecular weight is 467 g/mol. The molecule has 34 heavy (non-hydrogen) atoms. The highest BCUT2D eigenvalue weighted by Gasteiger charge is 2.34. The molecule has 2 aromatic carbocycles. The van der Waals surface area contributed by atoms with E-state index in [1.54, 1.807) is 42.5 Å². The number of anilines is 1. The zero-order chi connectivity index (χ0) is 24.7. The first-order valence-corrected chi connectivity index (χ1v) is 11.6. The summed E-state index contributed by atoms with van der Waals surface area (Å²) < 4.78 is 6.17. The highest BCUT2D eigenvalue weighted by Crippen LogP contribution is 2.22. The minimum atomic E-state index is -0.548. The summed E-state index contributed by atoms with van der Waals surface area (Å²) in [5, 5.41) is 17.9. The lowest BCUT2D eigenvalue weighted by Crippen LogP contribution is -2.59. The molecule has 8 nitrogen and oxygen atoms in total. The molecule has 8 heteroatoms. The Hall–Kier alpha value is -3.23. The van der Waals surface area contributed by atoms with Crippen molar-refractivity contribution >= 4 is 23.8 Å². The fraction of sp³-hybridized carbons (Fsp3) is 0.423. The second-order valence-corrected chi connectivity index (χ2v) is 8.52. The second kappa shape index (κ2) is 11.8. The van der Waals surface area contributed by atoms with E-state index in [1.807, 2.05) is 26.0 Å². The van der Waals surface area contributed by atoms with E-state index in [4.69, 9.17) is 9.84 Å². The van der Waals surface area contributed by atoms with Crippen molar-refractivity contribution in [3.63, 3.8) is 0 Å². The van der Waals surface area contributed by atoms with Gasteiger partial charge in [-0.05, 0) is 49.9 Å². The zero-order valence-corrected chi connectivity index (χ0v) is 20.3. The Bertz CT molecular complexity index is 990. The largest absolute Gasteiger partial charge is 0.396 e. The van der Waals surface area contributed by atoms with Crippen LogP contribution in [0.15, 0.2) is 53.6 Å². The van der Waals surface area contributed by atoms with Crippen molar-refractivity contribution in [3.05, 3.63) is 65.2 Å². The number of nitrogens with zero attached hydrogens (tertiary/aromatic N) is 3. The number of carbonyl (C=O) groups is 2. The molecule has 3 rings (SSSR count). The number of aryl methyl sites for hydroxylation is 1. The number of benzene rings is 2. The van der Waals surface area contributed by atoms with E-state index in [0.29, 0.717) is 12.1 Å². The van der Waals surface area contributed by atoms with Crippen LogP contribution in [0.2, 0.25) is 0 Å². The molecule has 3 amide bonds. The zero-order valence-electron chi connectivity index (χ0n) is 20.3. The first kappa shape index (κ1) is 25.4. The Morgan fingerprint density at radius 3 is 2.62 bits per heavy atom. The van der Waals surface area contributed by atoms with Crippen LogP contribution < -0.4 is 10.2 Å². The van der Waals surface area contributed by atoms with Gasteiger partial charge in [-0.3, -0.25) is 9.80 Å². The Kier molecular flexibility index (Phi) is 8.79. The number of hydrazone groups is 1. The number of urea groups is 1. The SMILES string of the molecule is CCC(/C=N/N(C)C1CC(=O)N(c2ccc(CCO)cc2)C(=O)N1)OC(C)c1cccc(C)c1. The van der Waals surface area contributed by atoms with E-state index in [0.717, 1.165) is 22.4 Å². The van der Waals surface area contributed by atoms with Crippen LogP contribution in [0.1, 0.15) is 49.5 Å². The summed E-state index contributed by atoms with van der Waals surface area (Å²) in [4.78, 5) is 26.6. The summed E-state index contributed by atoms with van der Waals surface area (Å²) in [6.45, 7) is 6.14. The molecule has 3 atom stereocenters. The van der Waals surface area contributed by atoms with E-state index >= 15 is 0 Å². The van der Waals surface area contributed by atoms with Crippen LogP contribution in [-0.2, 0) is 16.0 Å². The number of nitrogens with one attached hydrogen (secondary N) is 1. The van der Waals surface area contributed by atoms with Gasteiger partial charge in [0.05, 0.1) is 30.5 Å². The minimum absolute atomic E-state index is 0.0474. The maximum atomic E-state index is 12.8. The standard InChI is InChI=1S/C26H34N4O4/c1-5-23(34-19(3)21-8-6-7-18(2)15-21)17-27-29(4)24-16-25(32)30(26(33)28-24)22-11-9-20(10-12-22)13-14-31/h6-12,15,17,19,23-24,31H,5,13-14,16H2,1-4H3,(H,28,33)/b27-17+. The molecule has 1 aliphatic heterocycles. The Morgan fingerprint density at radius 2 is 2.00 bits per heavy atom. The van der Waals surface area contributed by atoms with Crippen LogP contribution in [0, 0.1) is 6.92 Å². The van der Waals surface area contributed by atoms with Gasteiger partial charge in [-0.2, -0.15) is 5.10 Å². The van der Waals surface area contributed by atoms with Crippen LogP contribution in [0.4, 0.5) is 10.5 Å². The smallest absolute Gasteiger partial charge is 0.330 e. The molecule has 0 aromatic heterocycles. The summed E-state index contributed by atoms with van der Waals surface area (Å²) in [5.41, 5.74) is 3.72. The van der Waals surface area contributed by atoms with Gasteiger partial charge in [0.1, 0.15) is 6.17 Å². The minimum Gasteiger partial charge on any atom is -0.396 e. The number of carbonyl (C=O) groups excluding carboxylic acids is 2. The molecule has 2 aromatic rings. The highest BCUT2D eigenvalue weighted by molar-refractivity contribution is 6.16. The normalized spacial score (nSPS) is 18.1. The number of ether oxygens (including phenoxy) is 1. The van der Waals surface area contributed by atoms with Crippen LogP contribution in [0.25, 0.3) is 0 Å². The van der Waals surface area contributed by atoms with Crippen molar-refractivity contribution in [2.75, 3.05) is 18.6 Å². The Labute approximate surface area is 201 Å². The van der Waals surface area contributed by atoms with Crippen molar-refractivity contribution in [3.8, 4) is 0 Å². The van der Waals surface area contributed by atoms with E-state index < -0.39 is 12.2 Å². The van der Waals surface area contributed by atoms with Gasteiger partial charge in [0.25, 0.3) is 0 Å². The molecule has 0 aliphatic carbocycles. The molecule has 1 saturated heterocycles. The van der Waals surface area contributed by atoms with Gasteiger partial charge < -0.3 is 15.2 Å². The van der Waals surface area contributed by atoms with Crippen molar-refractivity contribution in [1.29, 1.82) is 0 Å². The van der Waals surface area contributed by atoms with Crippen molar-refractivity contribution in [1.82, 2.24) is 10.3 Å². The van der Waals surface area contributed by atoms with E-state index in [-0.39, 0.29) is 31.1 Å². The number of hydrogen-bond donors (Lipinski definition) is 2. The average Bonchev–Trinajstić information content (AvgIpc) is 2.82. The van der Waals surface area contributed by atoms with Crippen molar-refractivity contribution < 1.29 is 19.4 Å². The molecule has 3 unspecified atom stereocenters. The monoisotopic (exact) mass is 466 g/mol. The third kappa shape index (κ3) is 6.42. The van der Waals surface area contributed by atoms with Gasteiger partial charge in [-0.25, -0.2) is 9.69 Å². The maximum Gasteiger partial charge on any atom is 0.330 e. The predicted molar refractivity (Wildman–Crippen MR) is 133 cm³/mol. The van der Waals surface area contributed by atoms with Gasteiger partial charge in [-0.1, -0.05) is 48.9 Å². The first-order chi connectivity index (χ1) is 16.3. The number of hydrogen-bond acceptors (Lipinski definition) is 6. The maximum absolute atomic E-state index is 12.8. The number of amides is 3. The molecular formula is C26H34N4O4. The van der Waals surface area contributed by atoms with Gasteiger partial charge >= 0.3 is 6.03 Å². The molecule has 1 aliphatic rings. The predicted octanol–water partition coefficient (Wildman–Crippen LogP) is 3.78. The quantitative estimate of drug-likeness (QED) is 0.411. The van der Waals surface area contributed by atoms with Gasteiger partial charge in [0.2, 0.25) is 5.91 Å². The topological polar surface area (TPSA) is 94.5 Å². The van der Waals surface area contributed by atoms with Crippen molar-refractivity contribution in [2.24, 2.45) is 5.10 Å². The summed E-state index contributed by atoms with van der Waals surface area (Å²) in [6, 6.07) is 14.8. The molecule has 0 saturated carbocycles. The molecule has 2 N–H and O–H groups in total. The molecule has 0 bridgehead atoms. The van der Waals surface area contributed by atoms with Crippen LogP contribution in [0.3, 0.4) is 0 Å². The Balaban J connectivity index is 1.59. The summed E-state index contributed by atoms with van der Waals surface area (Å²) >= 11 is 0.